The zero-order valence-electron chi connectivity index (χ0n) is 8.21. The Hall–Kier alpha value is -2.37. The van der Waals surface area contributed by atoms with Gasteiger partial charge in [0, 0.05) is 12.4 Å². The summed E-state index contributed by atoms with van der Waals surface area (Å²) in [5.74, 6) is -0.477. The van der Waals surface area contributed by atoms with E-state index in [0.29, 0.717) is 5.69 Å². The molecule has 0 aliphatic heterocycles. The van der Waals surface area contributed by atoms with Crippen LogP contribution in [0.15, 0.2) is 41.8 Å². The summed E-state index contributed by atoms with van der Waals surface area (Å²) in [7, 11) is 0. The molecule has 0 saturated carbocycles. The molecule has 16 heavy (non-hydrogen) atoms. The van der Waals surface area contributed by atoms with Crippen molar-refractivity contribution >= 4 is 5.84 Å². The monoisotopic (exact) mass is 220 g/mol. The summed E-state index contributed by atoms with van der Waals surface area (Å²) in [6.07, 6.45) is 3.05. The average molecular weight is 220 g/mol. The normalized spacial score (nSPS) is 11.7. The minimum absolute atomic E-state index is 0.102. The van der Waals surface area contributed by atoms with E-state index in [9.17, 15) is 4.39 Å². The van der Waals surface area contributed by atoms with Gasteiger partial charge >= 0.3 is 0 Å². The number of halogens is 1. The molecule has 0 aliphatic rings. The maximum atomic E-state index is 13.5. The van der Waals surface area contributed by atoms with Crippen molar-refractivity contribution in [3.63, 3.8) is 0 Å². The summed E-state index contributed by atoms with van der Waals surface area (Å²) in [6, 6.07) is 6.04. The number of aromatic nitrogens is 2. The van der Waals surface area contributed by atoms with Crippen molar-refractivity contribution < 1.29 is 9.60 Å². The second-order valence-corrected chi connectivity index (χ2v) is 3.06. The molecule has 0 bridgehead atoms. The van der Waals surface area contributed by atoms with Crippen LogP contribution in [0.3, 0.4) is 0 Å². The Labute approximate surface area is 90.6 Å². The molecule has 0 aliphatic carbocycles. The Morgan fingerprint density at radius 1 is 1.44 bits per heavy atom. The van der Waals surface area contributed by atoms with Crippen molar-refractivity contribution in [1.29, 1.82) is 0 Å². The molecule has 0 fully saturated rings. The standard InChI is InChI=1S/C10H9FN4O/c11-7-3-1-5-13-10(7)15-6-2-4-8(15)9(12)14-16/h1-6,16H,(H2,12,14). The predicted octanol–water partition coefficient (Wildman–Crippen LogP) is 1.11. The van der Waals surface area contributed by atoms with Crippen LogP contribution in [-0.4, -0.2) is 20.6 Å². The third-order valence-corrected chi connectivity index (χ3v) is 2.09. The topological polar surface area (TPSA) is 76.4 Å². The van der Waals surface area contributed by atoms with Crippen molar-refractivity contribution in [2.45, 2.75) is 0 Å². The Morgan fingerprint density at radius 3 is 2.94 bits per heavy atom. The van der Waals surface area contributed by atoms with Gasteiger partial charge in [0.2, 0.25) is 0 Å². The van der Waals surface area contributed by atoms with E-state index in [4.69, 9.17) is 10.9 Å². The first-order chi connectivity index (χ1) is 7.74. The highest BCUT2D eigenvalue weighted by atomic mass is 19.1. The molecule has 2 heterocycles. The van der Waals surface area contributed by atoms with Crippen LogP contribution in [0.5, 0.6) is 0 Å². The number of pyridine rings is 1. The molecule has 3 N–H and O–H groups in total. The molecule has 0 atom stereocenters. The number of rotatable bonds is 2. The number of nitrogens with zero attached hydrogens (tertiary/aromatic N) is 3. The molecular weight excluding hydrogens is 211 g/mol. The van der Waals surface area contributed by atoms with Crippen molar-refractivity contribution in [3.8, 4) is 5.82 Å². The van der Waals surface area contributed by atoms with Crippen molar-refractivity contribution in [2.24, 2.45) is 10.9 Å². The SMILES string of the molecule is N/C(=N/O)c1cccn1-c1ncccc1F. The first-order valence-corrected chi connectivity index (χ1v) is 4.50. The lowest BCUT2D eigenvalue weighted by molar-refractivity contribution is 0.318. The van der Waals surface area contributed by atoms with Gasteiger partial charge < -0.3 is 10.9 Å². The lowest BCUT2D eigenvalue weighted by atomic mass is 10.4. The van der Waals surface area contributed by atoms with Crippen LogP contribution < -0.4 is 5.73 Å². The van der Waals surface area contributed by atoms with Crippen LogP contribution in [0.4, 0.5) is 4.39 Å². The van der Waals surface area contributed by atoms with Gasteiger partial charge in [0.1, 0.15) is 0 Å². The minimum atomic E-state index is -0.481. The quantitative estimate of drug-likeness (QED) is 0.344. The van der Waals surface area contributed by atoms with E-state index in [1.54, 1.807) is 18.3 Å². The Kier molecular flexibility index (Phi) is 2.55. The highest BCUT2D eigenvalue weighted by Crippen LogP contribution is 2.13. The molecule has 2 rings (SSSR count). The summed E-state index contributed by atoms with van der Waals surface area (Å²) in [6.45, 7) is 0. The molecule has 2 aromatic rings. The molecule has 0 unspecified atom stereocenters. The summed E-state index contributed by atoms with van der Waals surface area (Å²) in [4.78, 5) is 3.89. The summed E-state index contributed by atoms with van der Waals surface area (Å²) < 4.78 is 14.9. The van der Waals surface area contributed by atoms with E-state index in [2.05, 4.69) is 10.1 Å². The van der Waals surface area contributed by atoms with Crippen LogP contribution in [0.25, 0.3) is 5.82 Å². The van der Waals surface area contributed by atoms with Crippen LogP contribution in [0.1, 0.15) is 5.69 Å². The fraction of sp³-hybridized carbons (Fsp3) is 0. The van der Waals surface area contributed by atoms with Crippen LogP contribution >= 0.6 is 0 Å². The number of hydrogen-bond acceptors (Lipinski definition) is 3. The van der Waals surface area contributed by atoms with E-state index < -0.39 is 5.82 Å². The lowest BCUT2D eigenvalue weighted by Gasteiger charge is -2.07. The summed E-state index contributed by atoms with van der Waals surface area (Å²) >= 11 is 0. The molecule has 82 valence electrons. The largest absolute Gasteiger partial charge is 0.409 e. The van der Waals surface area contributed by atoms with Gasteiger partial charge in [-0.1, -0.05) is 5.16 Å². The zero-order chi connectivity index (χ0) is 11.5. The van der Waals surface area contributed by atoms with E-state index in [1.165, 1.54) is 22.9 Å². The molecule has 0 saturated heterocycles. The summed E-state index contributed by atoms with van der Waals surface area (Å²) in [5, 5.41) is 11.5. The van der Waals surface area contributed by atoms with Gasteiger partial charge in [-0.05, 0) is 24.3 Å². The highest BCUT2D eigenvalue weighted by Gasteiger charge is 2.11. The third kappa shape index (κ3) is 1.60. The molecule has 6 heteroatoms. The van der Waals surface area contributed by atoms with Gasteiger partial charge in [-0.25, -0.2) is 9.37 Å². The molecule has 0 radical (unpaired) electrons. The fourth-order valence-corrected chi connectivity index (χ4v) is 1.38. The molecule has 5 nitrogen and oxygen atoms in total. The number of hydrogen-bond donors (Lipinski definition) is 2. The highest BCUT2D eigenvalue weighted by molar-refractivity contribution is 5.96. The molecule has 0 amide bonds. The lowest BCUT2D eigenvalue weighted by Crippen LogP contribution is -2.18. The summed E-state index contributed by atoms with van der Waals surface area (Å²) in [5.41, 5.74) is 5.83. The van der Waals surface area contributed by atoms with Gasteiger partial charge in [-0.15, -0.1) is 0 Å². The van der Waals surface area contributed by atoms with Crippen molar-refractivity contribution in [2.75, 3.05) is 0 Å². The van der Waals surface area contributed by atoms with Crippen LogP contribution in [-0.2, 0) is 0 Å². The third-order valence-electron chi connectivity index (χ3n) is 2.09. The van der Waals surface area contributed by atoms with E-state index in [-0.39, 0.29) is 11.7 Å². The van der Waals surface area contributed by atoms with Gasteiger partial charge in [0.25, 0.3) is 0 Å². The van der Waals surface area contributed by atoms with Crippen molar-refractivity contribution in [3.05, 3.63) is 48.2 Å². The van der Waals surface area contributed by atoms with Crippen LogP contribution in [0.2, 0.25) is 0 Å². The number of oxime groups is 1. The molecule has 0 spiro atoms. The first-order valence-electron chi connectivity index (χ1n) is 4.50. The van der Waals surface area contributed by atoms with E-state index in [1.807, 2.05) is 0 Å². The van der Waals surface area contributed by atoms with Gasteiger partial charge in [-0.3, -0.25) is 4.57 Å². The van der Waals surface area contributed by atoms with E-state index >= 15 is 0 Å². The predicted molar refractivity (Wildman–Crippen MR) is 56.0 cm³/mol. The number of amidine groups is 1. The Bertz CT molecular complexity index is 535. The Morgan fingerprint density at radius 2 is 2.25 bits per heavy atom. The van der Waals surface area contributed by atoms with Crippen LogP contribution in [0, 0.1) is 5.82 Å². The van der Waals surface area contributed by atoms with Gasteiger partial charge in [0.05, 0.1) is 5.69 Å². The second kappa shape index (κ2) is 4.01. The first kappa shape index (κ1) is 10.2. The second-order valence-electron chi connectivity index (χ2n) is 3.06. The minimum Gasteiger partial charge on any atom is -0.409 e. The van der Waals surface area contributed by atoms with E-state index in [0.717, 1.165) is 0 Å². The zero-order valence-corrected chi connectivity index (χ0v) is 8.21. The smallest absolute Gasteiger partial charge is 0.187 e. The maximum Gasteiger partial charge on any atom is 0.187 e. The van der Waals surface area contributed by atoms with Gasteiger partial charge in [-0.2, -0.15) is 0 Å². The Balaban J connectivity index is 2.58. The fourth-order valence-electron chi connectivity index (χ4n) is 1.38. The maximum absolute atomic E-state index is 13.5. The average Bonchev–Trinajstić information content (AvgIpc) is 2.77. The molecule has 0 aromatic carbocycles. The molecule has 2 aromatic heterocycles. The molecular formula is C10H9FN4O. The van der Waals surface area contributed by atoms with Gasteiger partial charge in [0.15, 0.2) is 17.5 Å². The number of nitrogens with two attached hydrogens (primary N) is 1. The van der Waals surface area contributed by atoms with Crippen molar-refractivity contribution in [1.82, 2.24) is 9.55 Å².